The van der Waals surface area contributed by atoms with Gasteiger partial charge in [-0.25, -0.2) is 0 Å². The van der Waals surface area contributed by atoms with Gasteiger partial charge >= 0.3 is 0 Å². The number of anilines is 1. The van der Waals surface area contributed by atoms with E-state index in [1.165, 1.54) is 0 Å². The molecule has 0 aliphatic carbocycles. The average Bonchev–Trinajstić information content (AvgIpc) is 2.57. The zero-order valence-electron chi connectivity index (χ0n) is 15.1. The van der Waals surface area contributed by atoms with Crippen molar-refractivity contribution in [1.29, 1.82) is 0 Å². The molecule has 3 rings (SSSR count). The van der Waals surface area contributed by atoms with E-state index in [9.17, 15) is 9.90 Å². The highest BCUT2D eigenvalue weighted by Crippen LogP contribution is 2.43. The fourth-order valence-corrected chi connectivity index (χ4v) is 4.20. The molecule has 2 aromatic carbocycles. The van der Waals surface area contributed by atoms with Crippen molar-refractivity contribution in [3.63, 3.8) is 0 Å². The first-order valence-corrected chi connectivity index (χ1v) is 9.22. The lowest BCUT2D eigenvalue weighted by Gasteiger charge is -2.49. The minimum Gasteiger partial charge on any atom is -0.508 e. The Bertz CT molecular complexity index is 854. The van der Waals surface area contributed by atoms with Crippen molar-refractivity contribution in [3.8, 4) is 5.75 Å². The highest BCUT2D eigenvalue weighted by atomic mass is 35.5. The van der Waals surface area contributed by atoms with Gasteiger partial charge in [0.25, 0.3) is 0 Å². The fourth-order valence-electron chi connectivity index (χ4n) is 3.91. The van der Waals surface area contributed by atoms with Gasteiger partial charge in [0.05, 0.1) is 10.0 Å². The Morgan fingerprint density at radius 2 is 1.96 bits per heavy atom. The van der Waals surface area contributed by atoms with Gasteiger partial charge in [0, 0.05) is 24.3 Å². The van der Waals surface area contributed by atoms with Gasteiger partial charge in [0.15, 0.2) is 5.78 Å². The summed E-state index contributed by atoms with van der Waals surface area (Å²) in [6, 6.07) is 10.8. The molecule has 26 heavy (non-hydrogen) atoms. The van der Waals surface area contributed by atoms with E-state index < -0.39 is 5.54 Å². The summed E-state index contributed by atoms with van der Waals surface area (Å²) < 4.78 is 0. The number of phenolic OH excluding ortho intramolecular Hbond substituents is 1. The van der Waals surface area contributed by atoms with Crippen LogP contribution in [0.2, 0.25) is 10.0 Å². The normalized spacial score (nSPS) is 19.5. The van der Waals surface area contributed by atoms with Crippen LogP contribution in [0.15, 0.2) is 36.4 Å². The molecule has 1 unspecified atom stereocenters. The average molecular weight is 393 g/mol. The van der Waals surface area contributed by atoms with Crippen LogP contribution in [-0.4, -0.2) is 43.0 Å². The van der Waals surface area contributed by atoms with Crippen molar-refractivity contribution >= 4 is 34.7 Å². The first kappa shape index (κ1) is 19.0. The first-order valence-electron chi connectivity index (χ1n) is 8.47. The van der Waals surface area contributed by atoms with E-state index in [1.54, 1.807) is 31.2 Å². The lowest BCUT2D eigenvalue weighted by Crippen LogP contribution is -2.60. The van der Waals surface area contributed by atoms with Crippen molar-refractivity contribution < 1.29 is 9.90 Å². The highest BCUT2D eigenvalue weighted by molar-refractivity contribution is 6.42. The van der Waals surface area contributed by atoms with Crippen molar-refractivity contribution in [1.82, 2.24) is 4.90 Å². The van der Waals surface area contributed by atoms with Crippen LogP contribution in [0.1, 0.15) is 18.1 Å². The standard InChI is InChI=1S/C20H22Cl2N2O2/c1-13(25)20(12-23(2)3)16-5-4-6-19(26)15(16)9-10-24(20)14-7-8-17(21)18(22)11-14/h4-8,11,26H,9-10,12H2,1-3H3. The van der Waals surface area contributed by atoms with E-state index in [4.69, 9.17) is 23.2 Å². The van der Waals surface area contributed by atoms with E-state index in [0.717, 1.165) is 16.8 Å². The number of benzene rings is 2. The van der Waals surface area contributed by atoms with Gasteiger partial charge < -0.3 is 14.9 Å². The van der Waals surface area contributed by atoms with Gasteiger partial charge in [-0.05, 0) is 57.3 Å². The molecule has 0 spiro atoms. The van der Waals surface area contributed by atoms with Gasteiger partial charge in [-0.15, -0.1) is 0 Å². The van der Waals surface area contributed by atoms with Crippen LogP contribution in [0.3, 0.4) is 0 Å². The molecule has 0 saturated heterocycles. The molecule has 0 aromatic heterocycles. The molecule has 138 valence electrons. The maximum absolute atomic E-state index is 13.1. The van der Waals surface area contributed by atoms with Crippen LogP contribution < -0.4 is 4.90 Å². The van der Waals surface area contributed by atoms with Crippen LogP contribution in [0.5, 0.6) is 5.75 Å². The van der Waals surface area contributed by atoms with Gasteiger partial charge in [-0.2, -0.15) is 0 Å². The number of ketones is 1. The maximum Gasteiger partial charge on any atom is 0.161 e. The molecule has 2 aromatic rings. The lowest BCUT2D eigenvalue weighted by atomic mass is 9.76. The number of phenols is 1. The number of halogens is 2. The van der Waals surface area contributed by atoms with Gasteiger partial charge in [-0.3, -0.25) is 4.79 Å². The van der Waals surface area contributed by atoms with E-state index in [1.807, 2.05) is 31.1 Å². The van der Waals surface area contributed by atoms with E-state index in [0.29, 0.717) is 29.6 Å². The smallest absolute Gasteiger partial charge is 0.161 e. The second kappa shape index (κ2) is 7.10. The Balaban J connectivity index is 2.26. The van der Waals surface area contributed by atoms with Gasteiger partial charge in [-0.1, -0.05) is 35.3 Å². The minimum absolute atomic E-state index is 0.0174. The number of likely N-dealkylation sites (N-methyl/N-ethyl adjacent to an activating group) is 1. The lowest BCUT2D eigenvalue weighted by molar-refractivity contribution is -0.123. The number of nitrogens with zero attached hydrogens (tertiary/aromatic N) is 2. The second-order valence-corrected chi connectivity index (χ2v) is 7.77. The molecule has 0 bridgehead atoms. The third-order valence-electron chi connectivity index (χ3n) is 4.99. The number of aromatic hydroxyl groups is 1. The summed E-state index contributed by atoms with van der Waals surface area (Å²) in [4.78, 5) is 17.1. The van der Waals surface area contributed by atoms with E-state index in [-0.39, 0.29) is 11.5 Å². The highest BCUT2D eigenvalue weighted by Gasteiger charge is 2.48. The van der Waals surface area contributed by atoms with Gasteiger partial charge in [0.2, 0.25) is 0 Å². The monoisotopic (exact) mass is 392 g/mol. The summed E-state index contributed by atoms with van der Waals surface area (Å²) in [5.74, 6) is 0.254. The predicted molar refractivity (Wildman–Crippen MR) is 107 cm³/mol. The van der Waals surface area contributed by atoms with Crippen LogP contribution >= 0.6 is 23.2 Å². The molecule has 6 heteroatoms. The largest absolute Gasteiger partial charge is 0.508 e. The Morgan fingerprint density at radius 1 is 1.23 bits per heavy atom. The molecule has 0 amide bonds. The molecule has 1 atom stereocenters. The summed E-state index contributed by atoms with van der Waals surface area (Å²) in [6.07, 6.45) is 0.644. The molecule has 0 fully saturated rings. The SMILES string of the molecule is CC(=O)C1(CN(C)C)c2cccc(O)c2CCN1c1ccc(Cl)c(Cl)c1. The number of fused-ring (bicyclic) bond motifs is 1. The molecule has 1 heterocycles. The van der Waals surface area contributed by atoms with Crippen molar-refractivity contribution in [2.24, 2.45) is 0 Å². The van der Waals surface area contributed by atoms with Gasteiger partial charge in [0.1, 0.15) is 11.3 Å². The van der Waals surface area contributed by atoms with Crippen LogP contribution in [0.4, 0.5) is 5.69 Å². The number of rotatable bonds is 4. The Hall–Kier alpha value is -1.75. The second-order valence-electron chi connectivity index (χ2n) is 6.96. The summed E-state index contributed by atoms with van der Waals surface area (Å²) in [6.45, 7) is 2.68. The van der Waals surface area contributed by atoms with E-state index in [2.05, 4.69) is 4.90 Å². The molecule has 1 aliphatic heterocycles. The quantitative estimate of drug-likeness (QED) is 0.849. The van der Waals surface area contributed by atoms with E-state index >= 15 is 0 Å². The number of hydrogen-bond donors (Lipinski definition) is 1. The molecular weight excluding hydrogens is 371 g/mol. The topological polar surface area (TPSA) is 43.8 Å². The number of Topliss-reactive ketones (excluding diaryl/α,β-unsaturated/α-hetero) is 1. The summed E-state index contributed by atoms with van der Waals surface area (Å²) in [5, 5.41) is 11.3. The molecule has 4 nitrogen and oxygen atoms in total. The summed E-state index contributed by atoms with van der Waals surface area (Å²) >= 11 is 12.3. The third-order valence-corrected chi connectivity index (χ3v) is 5.72. The van der Waals surface area contributed by atoms with Crippen molar-refractivity contribution in [3.05, 3.63) is 57.6 Å². The van der Waals surface area contributed by atoms with Crippen LogP contribution in [-0.2, 0) is 16.8 Å². The zero-order chi connectivity index (χ0) is 19.1. The van der Waals surface area contributed by atoms with Crippen molar-refractivity contribution in [2.75, 3.05) is 32.1 Å². The summed E-state index contributed by atoms with van der Waals surface area (Å²) in [7, 11) is 3.88. The van der Waals surface area contributed by atoms with Crippen molar-refractivity contribution in [2.45, 2.75) is 18.9 Å². The zero-order valence-corrected chi connectivity index (χ0v) is 16.6. The molecule has 0 radical (unpaired) electrons. The molecular formula is C20H22Cl2N2O2. The Kier molecular flexibility index (Phi) is 5.20. The molecule has 1 N–H and O–H groups in total. The number of carbonyl (C=O) groups is 1. The van der Waals surface area contributed by atoms with Crippen LogP contribution in [0, 0.1) is 0 Å². The molecule has 1 aliphatic rings. The number of hydrogen-bond acceptors (Lipinski definition) is 4. The number of carbonyl (C=O) groups excluding carboxylic acids is 1. The third kappa shape index (κ3) is 3.07. The van der Waals surface area contributed by atoms with Crippen LogP contribution in [0.25, 0.3) is 0 Å². The Morgan fingerprint density at radius 3 is 2.58 bits per heavy atom. The molecule has 0 saturated carbocycles. The predicted octanol–water partition coefficient (Wildman–Crippen LogP) is 4.11. The fraction of sp³-hybridized carbons (Fsp3) is 0.350. The summed E-state index contributed by atoms with van der Waals surface area (Å²) in [5.41, 5.74) is 1.61. The Labute approximate surface area is 163 Å². The first-order chi connectivity index (χ1) is 12.3. The maximum atomic E-state index is 13.1. The minimum atomic E-state index is -0.910.